The van der Waals surface area contributed by atoms with Gasteiger partial charge in [0.15, 0.2) is 11.6 Å². The SMILES string of the molecule is CC(=O)c1cc(C(C)=O)c2c(c1)c1cccnc1n2C. The average Bonchev–Trinajstić information content (AvgIpc) is 2.72. The van der Waals surface area contributed by atoms with Gasteiger partial charge >= 0.3 is 0 Å². The molecule has 0 saturated heterocycles. The molecule has 0 atom stereocenters. The van der Waals surface area contributed by atoms with Crippen molar-refractivity contribution >= 4 is 33.5 Å². The molecule has 0 amide bonds. The number of ketones is 2. The second kappa shape index (κ2) is 4.27. The van der Waals surface area contributed by atoms with Crippen molar-refractivity contribution in [2.75, 3.05) is 0 Å². The van der Waals surface area contributed by atoms with Crippen molar-refractivity contribution in [2.45, 2.75) is 13.8 Å². The summed E-state index contributed by atoms with van der Waals surface area (Å²) in [6.07, 6.45) is 1.72. The number of nitrogens with zero attached hydrogens (tertiary/aromatic N) is 2. The summed E-state index contributed by atoms with van der Waals surface area (Å²) in [5.74, 6) is -0.0979. The molecule has 3 aromatic rings. The minimum atomic E-state index is -0.0518. The standard InChI is InChI=1S/C16H14N2O2/c1-9(19)11-7-13(10(2)20)15-14(8-11)12-5-4-6-17-16(12)18(15)3/h4-8H,1-3H3. The molecule has 0 unspecified atom stereocenters. The van der Waals surface area contributed by atoms with Crippen molar-refractivity contribution in [3.05, 3.63) is 41.6 Å². The molecule has 2 aromatic heterocycles. The van der Waals surface area contributed by atoms with Gasteiger partial charge in [0.05, 0.1) is 5.52 Å². The summed E-state index contributed by atoms with van der Waals surface area (Å²) >= 11 is 0. The van der Waals surface area contributed by atoms with Crippen molar-refractivity contribution < 1.29 is 9.59 Å². The smallest absolute Gasteiger partial charge is 0.161 e. The number of pyridine rings is 1. The van der Waals surface area contributed by atoms with Crippen LogP contribution in [0.3, 0.4) is 0 Å². The van der Waals surface area contributed by atoms with Gasteiger partial charge < -0.3 is 4.57 Å². The van der Waals surface area contributed by atoms with E-state index in [0.717, 1.165) is 21.9 Å². The summed E-state index contributed by atoms with van der Waals surface area (Å²) in [7, 11) is 1.89. The van der Waals surface area contributed by atoms with E-state index in [2.05, 4.69) is 4.98 Å². The summed E-state index contributed by atoms with van der Waals surface area (Å²) in [6.45, 7) is 3.03. The molecule has 2 heterocycles. The minimum Gasteiger partial charge on any atom is -0.328 e. The van der Waals surface area contributed by atoms with E-state index in [4.69, 9.17) is 0 Å². The van der Waals surface area contributed by atoms with Gasteiger partial charge in [-0.25, -0.2) is 4.98 Å². The van der Waals surface area contributed by atoms with Gasteiger partial charge in [0, 0.05) is 35.1 Å². The van der Waals surface area contributed by atoms with Gasteiger partial charge in [-0.2, -0.15) is 0 Å². The lowest BCUT2D eigenvalue weighted by atomic mass is 10.0. The van der Waals surface area contributed by atoms with Gasteiger partial charge in [0.1, 0.15) is 5.65 Å². The van der Waals surface area contributed by atoms with E-state index in [0.29, 0.717) is 11.1 Å². The Labute approximate surface area is 116 Å². The topological polar surface area (TPSA) is 52.0 Å². The lowest BCUT2D eigenvalue weighted by molar-refractivity contribution is 0.101. The van der Waals surface area contributed by atoms with E-state index in [9.17, 15) is 9.59 Å². The maximum Gasteiger partial charge on any atom is 0.161 e. The maximum absolute atomic E-state index is 11.9. The summed E-state index contributed by atoms with van der Waals surface area (Å²) in [4.78, 5) is 28.0. The lowest BCUT2D eigenvalue weighted by Crippen LogP contribution is -2.02. The normalized spacial score (nSPS) is 11.2. The van der Waals surface area contributed by atoms with E-state index in [1.807, 2.05) is 29.8 Å². The highest BCUT2D eigenvalue weighted by Crippen LogP contribution is 2.30. The molecule has 4 nitrogen and oxygen atoms in total. The van der Waals surface area contributed by atoms with Crippen molar-refractivity contribution in [3.8, 4) is 0 Å². The van der Waals surface area contributed by atoms with Gasteiger partial charge in [-0.05, 0) is 38.1 Å². The van der Waals surface area contributed by atoms with Crippen molar-refractivity contribution in [3.63, 3.8) is 0 Å². The molecule has 4 heteroatoms. The monoisotopic (exact) mass is 266 g/mol. The minimum absolute atomic E-state index is 0.0460. The third kappa shape index (κ3) is 1.65. The first-order valence-electron chi connectivity index (χ1n) is 6.39. The van der Waals surface area contributed by atoms with Crippen LogP contribution in [0.15, 0.2) is 30.5 Å². The number of hydrogen-bond acceptors (Lipinski definition) is 3. The Kier molecular flexibility index (Phi) is 2.67. The number of carbonyl (C=O) groups is 2. The highest BCUT2D eigenvalue weighted by molar-refractivity contribution is 6.17. The number of Topliss-reactive ketones (excluding diaryl/α,β-unsaturated/α-hetero) is 2. The Morgan fingerprint density at radius 3 is 2.50 bits per heavy atom. The van der Waals surface area contributed by atoms with Crippen molar-refractivity contribution in [2.24, 2.45) is 7.05 Å². The Hall–Kier alpha value is -2.49. The molecule has 0 spiro atoms. The molecule has 0 aliphatic carbocycles. The van der Waals surface area contributed by atoms with Crippen LogP contribution in [0.5, 0.6) is 0 Å². The number of fused-ring (bicyclic) bond motifs is 3. The Balaban J connectivity index is 2.59. The van der Waals surface area contributed by atoms with Crippen LogP contribution in [0.1, 0.15) is 34.6 Å². The molecule has 20 heavy (non-hydrogen) atoms. The van der Waals surface area contributed by atoms with Crippen molar-refractivity contribution in [1.29, 1.82) is 0 Å². The van der Waals surface area contributed by atoms with Gasteiger partial charge in [-0.15, -0.1) is 0 Å². The third-order valence-corrected chi connectivity index (χ3v) is 3.63. The molecule has 0 N–H and O–H groups in total. The van der Waals surface area contributed by atoms with Crippen LogP contribution in [-0.4, -0.2) is 21.1 Å². The fourth-order valence-electron chi connectivity index (χ4n) is 2.65. The average molecular weight is 266 g/mol. The summed E-state index contributed by atoms with van der Waals surface area (Å²) in [5.41, 5.74) is 2.76. The van der Waals surface area contributed by atoms with Crippen LogP contribution in [-0.2, 0) is 7.05 Å². The maximum atomic E-state index is 11.9. The molecule has 1 aromatic carbocycles. The van der Waals surface area contributed by atoms with Crippen LogP contribution in [0, 0.1) is 0 Å². The molecule has 0 fully saturated rings. The lowest BCUT2D eigenvalue weighted by Gasteiger charge is -2.05. The second-order valence-electron chi connectivity index (χ2n) is 4.97. The predicted molar refractivity (Wildman–Crippen MR) is 78.2 cm³/mol. The highest BCUT2D eigenvalue weighted by atomic mass is 16.1. The van der Waals surface area contributed by atoms with Gasteiger partial charge in [-0.3, -0.25) is 9.59 Å². The molecule has 0 bridgehead atoms. The van der Waals surface area contributed by atoms with E-state index in [-0.39, 0.29) is 11.6 Å². The van der Waals surface area contributed by atoms with Crippen LogP contribution < -0.4 is 0 Å². The van der Waals surface area contributed by atoms with Crippen LogP contribution in [0.2, 0.25) is 0 Å². The number of aromatic nitrogens is 2. The van der Waals surface area contributed by atoms with Crippen LogP contribution in [0.25, 0.3) is 21.9 Å². The van der Waals surface area contributed by atoms with Gasteiger partial charge in [0.2, 0.25) is 0 Å². The largest absolute Gasteiger partial charge is 0.328 e. The first-order chi connectivity index (χ1) is 9.50. The molecule has 0 saturated carbocycles. The zero-order valence-electron chi connectivity index (χ0n) is 11.6. The number of aryl methyl sites for hydroxylation is 1. The second-order valence-corrected chi connectivity index (χ2v) is 4.97. The molecule has 0 aliphatic heterocycles. The number of benzene rings is 1. The molecule has 3 rings (SSSR count). The van der Waals surface area contributed by atoms with E-state index >= 15 is 0 Å². The zero-order valence-corrected chi connectivity index (χ0v) is 11.6. The van der Waals surface area contributed by atoms with E-state index in [1.165, 1.54) is 13.8 Å². The van der Waals surface area contributed by atoms with Gasteiger partial charge in [0.25, 0.3) is 0 Å². The summed E-state index contributed by atoms with van der Waals surface area (Å²) in [5, 5.41) is 1.85. The first-order valence-corrected chi connectivity index (χ1v) is 6.39. The molecule has 0 radical (unpaired) electrons. The molecule has 0 aliphatic rings. The van der Waals surface area contributed by atoms with E-state index < -0.39 is 0 Å². The number of hydrogen-bond donors (Lipinski definition) is 0. The zero-order chi connectivity index (χ0) is 14.4. The quantitative estimate of drug-likeness (QED) is 0.669. The van der Waals surface area contributed by atoms with Crippen LogP contribution >= 0.6 is 0 Å². The Morgan fingerprint density at radius 1 is 1.10 bits per heavy atom. The number of rotatable bonds is 2. The summed E-state index contributed by atoms with van der Waals surface area (Å²) in [6, 6.07) is 7.33. The fourth-order valence-corrected chi connectivity index (χ4v) is 2.65. The summed E-state index contributed by atoms with van der Waals surface area (Å²) < 4.78 is 1.91. The predicted octanol–water partition coefficient (Wildman–Crippen LogP) is 3.13. The van der Waals surface area contributed by atoms with Gasteiger partial charge in [-0.1, -0.05) is 0 Å². The Bertz CT molecular complexity index is 875. The Morgan fingerprint density at radius 2 is 1.85 bits per heavy atom. The highest BCUT2D eigenvalue weighted by Gasteiger charge is 2.17. The van der Waals surface area contributed by atoms with Crippen LogP contribution in [0.4, 0.5) is 0 Å². The van der Waals surface area contributed by atoms with E-state index in [1.54, 1.807) is 12.3 Å². The molecular formula is C16H14N2O2. The first kappa shape index (κ1) is 12.5. The number of carbonyl (C=O) groups excluding carboxylic acids is 2. The molecular weight excluding hydrogens is 252 g/mol. The van der Waals surface area contributed by atoms with Crippen molar-refractivity contribution in [1.82, 2.24) is 9.55 Å². The third-order valence-electron chi connectivity index (χ3n) is 3.63. The fraction of sp³-hybridized carbons (Fsp3) is 0.188. The molecule has 100 valence electrons.